The average Bonchev–Trinajstić information content (AvgIpc) is 2.60. The van der Waals surface area contributed by atoms with Gasteiger partial charge in [0.1, 0.15) is 6.61 Å². The molecule has 0 saturated carbocycles. The number of aryl methyl sites for hydroxylation is 1. The van der Waals surface area contributed by atoms with Gasteiger partial charge in [-0.2, -0.15) is 0 Å². The fourth-order valence-corrected chi connectivity index (χ4v) is 2.99. The monoisotopic (exact) mass is 324 g/mol. The van der Waals surface area contributed by atoms with E-state index in [0.29, 0.717) is 12.5 Å². The Hall–Kier alpha value is -2.36. The molecule has 3 rings (SSSR count). The predicted molar refractivity (Wildman–Crippen MR) is 93.9 cm³/mol. The molecule has 24 heavy (non-hydrogen) atoms. The smallest absolute Gasteiger partial charge is 0.407 e. The summed E-state index contributed by atoms with van der Waals surface area (Å²) in [6, 6.07) is 12.1. The minimum atomic E-state index is -0.355. The minimum absolute atomic E-state index is 0.0955. The third kappa shape index (κ3) is 4.13. The molecule has 1 amide bonds. The van der Waals surface area contributed by atoms with Crippen molar-refractivity contribution >= 4 is 6.09 Å². The number of nitrogens with one attached hydrogen (secondary N) is 1. The lowest BCUT2D eigenvalue weighted by Gasteiger charge is -2.25. The number of pyridine rings is 1. The van der Waals surface area contributed by atoms with Gasteiger partial charge in [-0.25, -0.2) is 4.79 Å². The van der Waals surface area contributed by atoms with Crippen LogP contribution in [0.3, 0.4) is 0 Å². The van der Waals surface area contributed by atoms with E-state index in [1.54, 1.807) is 0 Å². The van der Waals surface area contributed by atoms with Gasteiger partial charge < -0.3 is 10.1 Å². The van der Waals surface area contributed by atoms with Crippen LogP contribution < -0.4 is 5.32 Å². The number of aromatic nitrogens is 1. The fraction of sp³-hybridized carbons (Fsp3) is 0.400. The Kier molecular flexibility index (Phi) is 5.14. The zero-order valence-electron chi connectivity index (χ0n) is 14.3. The maximum atomic E-state index is 12.0. The second-order valence-electron chi connectivity index (χ2n) is 6.67. The summed E-state index contributed by atoms with van der Waals surface area (Å²) in [5, 5.41) is 2.97. The lowest BCUT2D eigenvalue weighted by Crippen LogP contribution is -2.39. The zero-order chi connectivity index (χ0) is 16.9. The van der Waals surface area contributed by atoms with Gasteiger partial charge in [-0.1, -0.05) is 50.2 Å². The summed E-state index contributed by atoms with van der Waals surface area (Å²) in [6.45, 7) is 4.66. The van der Waals surface area contributed by atoms with Crippen LogP contribution in [0.15, 0.2) is 42.6 Å². The van der Waals surface area contributed by atoms with Gasteiger partial charge in [-0.15, -0.1) is 0 Å². The van der Waals surface area contributed by atoms with Gasteiger partial charge in [0.15, 0.2) is 0 Å². The molecule has 126 valence electrons. The number of hydrogen-bond donors (Lipinski definition) is 1. The average molecular weight is 324 g/mol. The molecule has 0 bridgehead atoms. The molecule has 0 radical (unpaired) electrons. The summed E-state index contributed by atoms with van der Waals surface area (Å²) in [6.07, 6.45) is 4.25. The van der Waals surface area contributed by atoms with E-state index in [9.17, 15) is 4.79 Å². The number of rotatable bonds is 4. The predicted octanol–water partition coefficient (Wildman–Crippen LogP) is 3.99. The minimum Gasteiger partial charge on any atom is -0.445 e. The topological polar surface area (TPSA) is 51.2 Å². The number of nitrogens with zero attached hydrogens (tertiary/aromatic N) is 1. The molecule has 4 nitrogen and oxygen atoms in total. The molecular formula is C20H24N2O2. The van der Waals surface area contributed by atoms with E-state index in [1.807, 2.05) is 36.5 Å². The number of fused-ring (bicyclic) bond motifs is 1. The molecule has 0 spiro atoms. The first-order valence-electron chi connectivity index (χ1n) is 8.56. The van der Waals surface area contributed by atoms with E-state index in [1.165, 1.54) is 11.1 Å². The van der Waals surface area contributed by atoms with Crippen molar-refractivity contribution in [2.75, 3.05) is 0 Å². The van der Waals surface area contributed by atoms with E-state index < -0.39 is 0 Å². The number of carbonyl (C=O) groups excluding carboxylic acids is 1. The molecule has 0 fully saturated rings. The molecule has 1 aliphatic rings. The van der Waals surface area contributed by atoms with Crippen LogP contribution in [0.4, 0.5) is 4.79 Å². The quantitative estimate of drug-likeness (QED) is 0.925. The second-order valence-corrected chi connectivity index (χ2v) is 6.67. The van der Waals surface area contributed by atoms with E-state index in [0.717, 1.165) is 30.5 Å². The summed E-state index contributed by atoms with van der Waals surface area (Å²) in [5.74, 6) is 0.492. The van der Waals surface area contributed by atoms with Crippen LogP contribution in [0.25, 0.3) is 0 Å². The Balaban J connectivity index is 1.53. The number of hydrogen-bond acceptors (Lipinski definition) is 3. The van der Waals surface area contributed by atoms with E-state index >= 15 is 0 Å². The van der Waals surface area contributed by atoms with Crippen molar-refractivity contribution in [3.8, 4) is 0 Å². The van der Waals surface area contributed by atoms with Gasteiger partial charge in [0.25, 0.3) is 0 Å². The van der Waals surface area contributed by atoms with Crippen LogP contribution in [-0.2, 0) is 24.2 Å². The maximum Gasteiger partial charge on any atom is 0.407 e. The number of amides is 1. The van der Waals surface area contributed by atoms with Crippen LogP contribution in [0.1, 0.15) is 48.6 Å². The molecule has 2 aromatic rings. The normalized spacial score (nSPS) is 16.5. The summed E-state index contributed by atoms with van der Waals surface area (Å²) >= 11 is 0. The zero-order valence-corrected chi connectivity index (χ0v) is 14.3. The molecule has 1 heterocycles. The molecule has 1 aromatic carbocycles. The highest BCUT2D eigenvalue weighted by atomic mass is 16.5. The van der Waals surface area contributed by atoms with Crippen LogP contribution in [0.2, 0.25) is 0 Å². The highest BCUT2D eigenvalue weighted by Crippen LogP contribution is 2.23. The van der Waals surface area contributed by atoms with Crippen molar-refractivity contribution in [2.45, 2.75) is 51.7 Å². The molecule has 1 aromatic heterocycles. The van der Waals surface area contributed by atoms with Crippen LogP contribution in [0, 0.1) is 0 Å². The Morgan fingerprint density at radius 2 is 2.12 bits per heavy atom. The van der Waals surface area contributed by atoms with E-state index in [4.69, 9.17) is 4.74 Å². The fourth-order valence-electron chi connectivity index (χ4n) is 2.99. The largest absolute Gasteiger partial charge is 0.445 e. The summed E-state index contributed by atoms with van der Waals surface area (Å²) < 4.78 is 5.30. The number of carbonyl (C=O) groups is 1. The number of benzene rings is 1. The summed E-state index contributed by atoms with van der Waals surface area (Å²) in [4.78, 5) is 16.6. The van der Waals surface area contributed by atoms with Crippen LogP contribution >= 0.6 is 0 Å². The van der Waals surface area contributed by atoms with Crippen molar-refractivity contribution in [1.82, 2.24) is 10.3 Å². The van der Waals surface area contributed by atoms with Crippen LogP contribution in [-0.4, -0.2) is 17.1 Å². The molecule has 0 aliphatic heterocycles. The third-order valence-corrected chi connectivity index (χ3v) is 4.48. The van der Waals surface area contributed by atoms with Gasteiger partial charge in [0.2, 0.25) is 0 Å². The number of alkyl carbamates (subject to hydrolysis) is 1. The Labute approximate surface area is 143 Å². The van der Waals surface area contributed by atoms with Crippen molar-refractivity contribution in [1.29, 1.82) is 0 Å². The first-order valence-corrected chi connectivity index (χ1v) is 8.56. The SMILES string of the molecule is CC(C)c1cnc2c(c1)CCC(NC(=O)OCc1ccccc1)C2. The molecular weight excluding hydrogens is 300 g/mol. The van der Waals surface area contributed by atoms with Gasteiger partial charge in [-0.05, 0) is 35.4 Å². The lowest BCUT2D eigenvalue weighted by atomic mass is 9.90. The van der Waals surface area contributed by atoms with E-state index in [-0.39, 0.29) is 12.1 Å². The highest BCUT2D eigenvalue weighted by Gasteiger charge is 2.22. The first-order chi connectivity index (χ1) is 11.6. The van der Waals surface area contributed by atoms with Crippen molar-refractivity contribution in [2.24, 2.45) is 0 Å². The Morgan fingerprint density at radius 3 is 2.88 bits per heavy atom. The third-order valence-electron chi connectivity index (χ3n) is 4.48. The van der Waals surface area contributed by atoms with Crippen molar-refractivity contribution in [3.63, 3.8) is 0 Å². The van der Waals surface area contributed by atoms with Crippen molar-refractivity contribution < 1.29 is 9.53 Å². The maximum absolute atomic E-state index is 12.0. The molecule has 1 N–H and O–H groups in total. The van der Waals surface area contributed by atoms with Gasteiger partial charge in [0.05, 0.1) is 0 Å². The molecule has 1 atom stereocenters. The highest BCUT2D eigenvalue weighted by molar-refractivity contribution is 5.67. The standard InChI is InChI=1S/C20H24N2O2/c1-14(2)17-10-16-8-9-18(11-19(16)21-12-17)22-20(23)24-13-15-6-4-3-5-7-15/h3-7,10,12,14,18H,8-9,11,13H2,1-2H3,(H,22,23). The summed E-state index contributed by atoms with van der Waals surface area (Å²) in [7, 11) is 0. The molecule has 1 unspecified atom stereocenters. The Bertz CT molecular complexity index is 698. The van der Waals surface area contributed by atoms with Crippen molar-refractivity contribution in [3.05, 3.63) is 65.0 Å². The van der Waals surface area contributed by atoms with Gasteiger partial charge in [0, 0.05) is 24.4 Å². The first kappa shape index (κ1) is 16.5. The number of ether oxygens (including phenoxy) is 1. The summed E-state index contributed by atoms with van der Waals surface area (Å²) in [5.41, 5.74) is 4.68. The molecule has 0 saturated heterocycles. The lowest BCUT2D eigenvalue weighted by molar-refractivity contribution is 0.134. The van der Waals surface area contributed by atoms with Crippen LogP contribution in [0.5, 0.6) is 0 Å². The van der Waals surface area contributed by atoms with E-state index in [2.05, 4.69) is 30.2 Å². The Morgan fingerprint density at radius 1 is 1.33 bits per heavy atom. The van der Waals surface area contributed by atoms with Gasteiger partial charge in [-0.3, -0.25) is 4.98 Å². The van der Waals surface area contributed by atoms with Gasteiger partial charge >= 0.3 is 6.09 Å². The second kappa shape index (κ2) is 7.47. The molecule has 1 aliphatic carbocycles. The molecule has 4 heteroatoms.